The van der Waals surface area contributed by atoms with Crippen LogP contribution in [0.2, 0.25) is 0 Å². The lowest BCUT2D eigenvalue weighted by Gasteiger charge is -2.12. The smallest absolute Gasteiger partial charge is 0.449 e. The van der Waals surface area contributed by atoms with Gasteiger partial charge in [0, 0.05) is 11.8 Å². The van der Waals surface area contributed by atoms with E-state index in [1.807, 2.05) is 30.3 Å². The summed E-state index contributed by atoms with van der Waals surface area (Å²) in [5.41, 5.74) is 6.10. The zero-order valence-electron chi connectivity index (χ0n) is 13.5. The second-order valence-corrected chi connectivity index (χ2v) is 5.55. The number of benzene rings is 2. The Morgan fingerprint density at radius 2 is 1.71 bits per heavy atom. The number of carbonyl (C=O) groups is 1. The van der Waals surface area contributed by atoms with Crippen LogP contribution in [0.4, 0.5) is 4.79 Å². The fourth-order valence-electron chi connectivity index (χ4n) is 2.79. The Labute approximate surface area is 140 Å². The van der Waals surface area contributed by atoms with E-state index >= 15 is 0 Å². The van der Waals surface area contributed by atoms with Crippen molar-refractivity contribution in [2.24, 2.45) is 0 Å². The lowest BCUT2D eigenvalue weighted by molar-refractivity contribution is 0.142. The SMILES string of the molecule is Cc1cc(-c2ccnc(OC(=O)O)c2C)ccc1-c1ccccc1. The van der Waals surface area contributed by atoms with Crippen molar-refractivity contribution < 1.29 is 14.6 Å². The van der Waals surface area contributed by atoms with Crippen LogP contribution in [0.25, 0.3) is 22.3 Å². The number of aryl methyl sites for hydroxylation is 1. The molecule has 4 heteroatoms. The maximum absolute atomic E-state index is 10.8. The number of ether oxygens (including phenoxy) is 1. The van der Waals surface area contributed by atoms with E-state index in [1.54, 1.807) is 13.1 Å². The predicted octanol–water partition coefficient (Wildman–Crippen LogP) is 5.09. The summed E-state index contributed by atoms with van der Waals surface area (Å²) in [6.07, 6.45) is 0.194. The molecule has 1 heterocycles. The first-order valence-corrected chi connectivity index (χ1v) is 7.59. The average Bonchev–Trinajstić information content (AvgIpc) is 2.57. The molecule has 0 spiro atoms. The molecule has 0 bridgehead atoms. The molecule has 1 N–H and O–H groups in total. The van der Waals surface area contributed by atoms with Gasteiger partial charge in [0.1, 0.15) is 0 Å². The molecule has 0 aliphatic carbocycles. The van der Waals surface area contributed by atoms with E-state index in [9.17, 15) is 4.79 Å². The normalized spacial score (nSPS) is 10.4. The van der Waals surface area contributed by atoms with Gasteiger partial charge in [0.2, 0.25) is 5.88 Å². The molecular weight excluding hydrogens is 302 g/mol. The molecule has 0 atom stereocenters. The van der Waals surface area contributed by atoms with Gasteiger partial charge in [-0.15, -0.1) is 0 Å². The van der Waals surface area contributed by atoms with Crippen molar-refractivity contribution in [3.63, 3.8) is 0 Å². The molecule has 0 fully saturated rings. The maximum atomic E-state index is 10.8. The van der Waals surface area contributed by atoms with E-state index in [0.717, 1.165) is 16.7 Å². The van der Waals surface area contributed by atoms with E-state index in [-0.39, 0.29) is 5.88 Å². The zero-order chi connectivity index (χ0) is 17.1. The van der Waals surface area contributed by atoms with Gasteiger partial charge < -0.3 is 9.84 Å². The Balaban J connectivity index is 2.02. The number of hydrogen-bond donors (Lipinski definition) is 1. The molecule has 0 saturated carbocycles. The number of hydrogen-bond acceptors (Lipinski definition) is 3. The Bertz CT molecular complexity index is 889. The van der Waals surface area contributed by atoms with E-state index in [2.05, 4.69) is 36.2 Å². The molecule has 120 valence electrons. The van der Waals surface area contributed by atoms with Crippen molar-refractivity contribution in [3.05, 3.63) is 71.9 Å². The zero-order valence-corrected chi connectivity index (χ0v) is 13.5. The van der Waals surface area contributed by atoms with Crippen LogP contribution >= 0.6 is 0 Å². The molecule has 0 radical (unpaired) electrons. The predicted molar refractivity (Wildman–Crippen MR) is 93.2 cm³/mol. The maximum Gasteiger partial charge on any atom is 0.512 e. The van der Waals surface area contributed by atoms with Crippen molar-refractivity contribution in [1.82, 2.24) is 4.98 Å². The van der Waals surface area contributed by atoms with Crippen LogP contribution in [0.1, 0.15) is 11.1 Å². The van der Waals surface area contributed by atoms with Crippen molar-refractivity contribution in [3.8, 4) is 28.1 Å². The van der Waals surface area contributed by atoms with E-state index < -0.39 is 6.16 Å². The van der Waals surface area contributed by atoms with Crippen LogP contribution in [0.15, 0.2) is 60.8 Å². The fraction of sp³-hybridized carbons (Fsp3) is 0.100. The van der Waals surface area contributed by atoms with Gasteiger partial charge in [-0.05, 0) is 47.7 Å². The molecule has 24 heavy (non-hydrogen) atoms. The molecule has 1 aromatic heterocycles. The number of nitrogens with zero attached hydrogens (tertiary/aromatic N) is 1. The number of pyridine rings is 1. The highest BCUT2D eigenvalue weighted by atomic mass is 16.7. The van der Waals surface area contributed by atoms with Gasteiger partial charge in [-0.2, -0.15) is 0 Å². The van der Waals surface area contributed by atoms with Gasteiger partial charge in [-0.1, -0.05) is 48.5 Å². The van der Waals surface area contributed by atoms with Crippen molar-refractivity contribution in [1.29, 1.82) is 0 Å². The largest absolute Gasteiger partial charge is 0.512 e. The van der Waals surface area contributed by atoms with E-state index in [0.29, 0.717) is 5.56 Å². The Hall–Kier alpha value is -3.14. The Morgan fingerprint density at radius 1 is 0.958 bits per heavy atom. The van der Waals surface area contributed by atoms with Crippen LogP contribution < -0.4 is 4.74 Å². The van der Waals surface area contributed by atoms with Crippen LogP contribution in [-0.4, -0.2) is 16.2 Å². The molecule has 4 nitrogen and oxygen atoms in total. The van der Waals surface area contributed by atoms with Crippen LogP contribution in [-0.2, 0) is 0 Å². The van der Waals surface area contributed by atoms with Crippen LogP contribution in [0, 0.1) is 13.8 Å². The Kier molecular flexibility index (Phi) is 4.29. The molecule has 3 aromatic rings. The summed E-state index contributed by atoms with van der Waals surface area (Å²) in [5, 5.41) is 8.80. The van der Waals surface area contributed by atoms with Crippen molar-refractivity contribution in [2.45, 2.75) is 13.8 Å². The quantitative estimate of drug-likeness (QED) is 0.683. The summed E-state index contributed by atoms with van der Waals surface area (Å²) >= 11 is 0. The highest BCUT2D eigenvalue weighted by Crippen LogP contribution is 2.32. The summed E-state index contributed by atoms with van der Waals surface area (Å²) in [6.45, 7) is 3.87. The van der Waals surface area contributed by atoms with Gasteiger partial charge in [-0.3, -0.25) is 0 Å². The Morgan fingerprint density at radius 3 is 2.38 bits per heavy atom. The third-order valence-electron chi connectivity index (χ3n) is 3.96. The van der Waals surface area contributed by atoms with Gasteiger partial charge in [0.05, 0.1) is 0 Å². The fourth-order valence-corrected chi connectivity index (χ4v) is 2.79. The minimum Gasteiger partial charge on any atom is -0.449 e. The summed E-state index contributed by atoms with van der Waals surface area (Å²) in [4.78, 5) is 14.8. The average molecular weight is 319 g/mol. The van der Waals surface area contributed by atoms with E-state index in [1.165, 1.54) is 11.1 Å². The minimum absolute atomic E-state index is 0.116. The van der Waals surface area contributed by atoms with Crippen LogP contribution in [0.3, 0.4) is 0 Å². The number of rotatable bonds is 3. The first-order valence-electron chi connectivity index (χ1n) is 7.59. The summed E-state index contributed by atoms with van der Waals surface area (Å²) < 4.78 is 4.74. The molecule has 0 saturated heterocycles. The van der Waals surface area contributed by atoms with Gasteiger partial charge in [0.15, 0.2) is 0 Å². The first kappa shape index (κ1) is 15.7. The second-order valence-electron chi connectivity index (χ2n) is 5.55. The number of carboxylic acid groups (broad SMARTS) is 1. The molecule has 0 unspecified atom stereocenters. The highest BCUT2D eigenvalue weighted by molar-refractivity contribution is 5.76. The summed E-state index contributed by atoms with van der Waals surface area (Å²) in [6, 6.07) is 18.3. The lowest BCUT2D eigenvalue weighted by atomic mass is 9.94. The minimum atomic E-state index is -1.36. The summed E-state index contributed by atoms with van der Waals surface area (Å²) in [7, 11) is 0. The third kappa shape index (κ3) is 3.13. The first-order chi connectivity index (χ1) is 11.6. The standard InChI is InChI=1S/C20H17NO3/c1-13-12-16(8-9-17(13)15-6-4-3-5-7-15)18-10-11-21-19(14(18)2)24-20(22)23/h3-12H,1-2H3,(H,22,23). The van der Waals surface area contributed by atoms with E-state index in [4.69, 9.17) is 9.84 Å². The van der Waals surface area contributed by atoms with Gasteiger partial charge in [0.25, 0.3) is 0 Å². The molecule has 2 aromatic carbocycles. The highest BCUT2D eigenvalue weighted by Gasteiger charge is 2.12. The molecule has 0 amide bonds. The molecule has 0 aliphatic heterocycles. The second kappa shape index (κ2) is 6.54. The van der Waals surface area contributed by atoms with Crippen LogP contribution in [0.5, 0.6) is 5.88 Å². The summed E-state index contributed by atoms with van der Waals surface area (Å²) in [5.74, 6) is 0.116. The van der Waals surface area contributed by atoms with Crippen molar-refractivity contribution in [2.75, 3.05) is 0 Å². The topological polar surface area (TPSA) is 59.4 Å². The van der Waals surface area contributed by atoms with Gasteiger partial charge >= 0.3 is 6.16 Å². The monoisotopic (exact) mass is 319 g/mol. The lowest BCUT2D eigenvalue weighted by Crippen LogP contribution is -2.06. The number of aromatic nitrogens is 1. The third-order valence-corrected chi connectivity index (χ3v) is 3.96. The van der Waals surface area contributed by atoms with Crippen molar-refractivity contribution >= 4 is 6.16 Å². The molecule has 0 aliphatic rings. The molecular formula is C20H17NO3. The molecule has 3 rings (SSSR count). The van der Waals surface area contributed by atoms with Gasteiger partial charge in [-0.25, -0.2) is 9.78 Å².